The second kappa shape index (κ2) is 11.1. The van der Waals surface area contributed by atoms with Crippen molar-refractivity contribution in [2.75, 3.05) is 11.9 Å². The molecule has 1 saturated heterocycles. The van der Waals surface area contributed by atoms with Crippen LogP contribution in [-0.4, -0.2) is 28.5 Å². The lowest BCUT2D eigenvalue weighted by Crippen LogP contribution is -2.36. The van der Waals surface area contributed by atoms with Gasteiger partial charge in [-0.3, -0.25) is 19.3 Å². The number of imide groups is 1. The zero-order valence-electron chi connectivity index (χ0n) is 17.7. The van der Waals surface area contributed by atoms with Crippen LogP contribution in [0.25, 0.3) is 6.08 Å². The number of amides is 3. The Hall–Kier alpha value is -2.82. The van der Waals surface area contributed by atoms with Crippen LogP contribution in [0.3, 0.4) is 0 Å². The van der Waals surface area contributed by atoms with Crippen molar-refractivity contribution in [2.24, 2.45) is 0 Å². The predicted molar refractivity (Wildman–Crippen MR) is 143 cm³/mol. The van der Waals surface area contributed by atoms with Crippen molar-refractivity contribution in [3.63, 3.8) is 0 Å². The van der Waals surface area contributed by atoms with E-state index in [9.17, 15) is 14.4 Å². The molecule has 3 amide bonds. The summed E-state index contributed by atoms with van der Waals surface area (Å²) in [7, 11) is 0. The van der Waals surface area contributed by atoms with E-state index in [0.29, 0.717) is 23.1 Å². The molecule has 172 valence electrons. The van der Waals surface area contributed by atoms with Crippen molar-refractivity contribution >= 4 is 74.8 Å². The zero-order valence-corrected chi connectivity index (χ0v) is 21.4. The van der Waals surface area contributed by atoms with E-state index in [1.54, 1.807) is 42.5 Å². The second-order valence-electron chi connectivity index (χ2n) is 7.31. The number of thioether (sulfide) groups is 1. The number of nitrogens with zero attached hydrogens (tertiary/aromatic N) is 1. The summed E-state index contributed by atoms with van der Waals surface area (Å²) in [5, 5.41) is 2.89. The Morgan fingerprint density at radius 1 is 1.00 bits per heavy atom. The molecular weight excluding hydrogens is 587 g/mol. The standard InChI is InChI=1S/C25H18ClIN2O4S/c26-18-5-1-17(2-6-18)15-33-21-11-3-16(4-12-21)13-22-24(31)29(25(32)34-22)14-23(30)28-20-9-7-19(27)8-10-20/h1-13H,14-15H2,(H,28,30)/b22-13+. The summed E-state index contributed by atoms with van der Waals surface area (Å²) in [6.45, 7) is 0.0607. The number of ether oxygens (including phenoxy) is 1. The molecule has 4 rings (SSSR count). The summed E-state index contributed by atoms with van der Waals surface area (Å²) >= 11 is 8.87. The molecule has 6 nitrogen and oxygen atoms in total. The molecule has 0 spiro atoms. The van der Waals surface area contributed by atoms with Crippen LogP contribution in [0.1, 0.15) is 11.1 Å². The highest BCUT2D eigenvalue weighted by Crippen LogP contribution is 2.32. The number of carbonyl (C=O) groups excluding carboxylic acids is 3. The summed E-state index contributed by atoms with van der Waals surface area (Å²) in [5.74, 6) is -0.254. The molecular formula is C25H18ClIN2O4S. The van der Waals surface area contributed by atoms with Crippen molar-refractivity contribution in [1.29, 1.82) is 0 Å². The van der Waals surface area contributed by atoms with Crippen LogP contribution >= 0.6 is 46.0 Å². The van der Waals surface area contributed by atoms with Crippen molar-refractivity contribution < 1.29 is 19.1 Å². The third kappa shape index (κ3) is 6.40. The van der Waals surface area contributed by atoms with E-state index >= 15 is 0 Å². The van der Waals surface area contributed by atoms with Gasteiger partial charge in [0.05, 0.1) is 4.91 Å². The maximum absolute atomic E-state index is 12.7. The fourth-order valence-electron chi connectivity index (χ4n) is 3.07. The summed E-state index contributed by atoms with van der Waals surface area (Å²) in [6.07, 6.45) is 1.63. The molecule has 1 heterocycles. The van der Waals surface area contributed by atoms with Crippen LogP contribution < -0.4 is 10.1 Å². The molecule has 0 bridgehead atoms. The van der Waals surface area contributed by atoms with E-state index in [1.807, 2.05) is 36.4 Å². The number of anilines is 1. The summed E-state index contributed by atoms with van der Waals surface area (Å²) in [5.41, 5.74) is 2.34. The van der Waals surface area contributed by atoms with Crippen LogP contribution in [-0.2, 0) is 16.2 Å². The molecule has 3 aromatic carbocycles. The molecule has 1 aliphatic rings. The Morgan fingerprint density at radius 2 is 1.68 bits per heavy atom. The number of hydrogen-bond acceptors (Lipinski definition) is 5. The van der Waals surface area contributed by atoms with Gasteiger partial charge in [-0.1, -0.05) is 35.9 Å². The molecule has 0 radical (unpaired) electrons. The number of nitrogens with one attached hydrogen (secondary N) is 1. The number of benzene rings is 3. The smallest absolute Gasteiger partial charge is 0.294 e. The summed E-state index contributed by atoms with van der Waals surface area (Å²) in [4.78, 5) is 38.6. The van der Waals surface area contributed by atoms with Gasteiger partial charge in [0.2, 0.25) is 5.91 Å². The molecule has 0 saturated carbocycles. The minimum Gasteiger partial charge on any atom is -0.489 e. The molecule has 0 unspecified atom stereocenters. The molecule has 0 atom stereocenters. The van der Waals surface area contributed by atoms with E-state index in [2.05, 4.69) is 27.9 Å². The fraction of sp³-hybridized carbons (Fsp3) is 0.0800. The van der Waals surface area contributed by atoms with Crippen molar-refractivity contribution in [3.05, 3.63) is 97.4 Å². The van der Waals surface area contributed by atoms with E-state index in [1.165, 1.54) is 0 Å². The van der Waals surface area contributed by atoms with Crippen molar-refractivity contribution in [1.82, 2.24) is 4.90 Å². The van der Waals surface area contributed by atoms with Crippen LogP contribution in [0.15, 0.2) is 77.7 Å². The van der Waals surface area contributed by atoms with E-state index < -0.39 is 17.1 Å². The van der Waals surface area contributed by atoms with Crippen LogP contribution in [0.2, 0.25) is 5.02 Å². The third-order valence-electron chi connectivity index (χ3n) is 4.80. The topological polar surface area (TPSA) is 75.7 Å². The SMILES string of the molecule is O=C(CN1C(=O)S/C(=C/c2ccc(OCc3ccc(Cl)cc3)cc2)C1=O)Nc1ccc(I)cc1. The average Bonchev–Trinajstić information content (AvgIpc) is 3.08. The maximum atomic E-state index is 12.7. The van der Waals surface area contributed by atoms with Gasteiger partial charge < -0.3 is 10.1 Å². The minimum absolute atomic E-state index is 0.266. The average molecular weight is 605 g/mol. The zero-order chi connectivity index (χ0) is 24.1. The maximum Gasteiger partial charge on any atom is 0.294 e. The number of carbonyl (C=O) groups is 3. The molecule has 1 aliphatic heterocycles. The van der Waals surface area contributed by atoms with Gasteiger partial charge in [-0.15, -0.1) is 0 Å². The molecule has 34 heavy (non-hydrogen) atoms. The Bertz CT molecular complexity index is 1250. The second-order valence-corrected chi connectivity index (χ2v) is 9.98. The van der Waals surface area contributed by atoms with Gasteiger partial charge in [-0.05, 0) is 100 Å². The first kappa shape index (κ1) is 24.3. The summed E-state index contributed by atoms with van der Waals surface area (Å²) in [6, 6.07) is 21.8. The Labute approximate surface area is 219 Å². The number of halogens is 2. The van der Waals surface area contributed by atoms with E-state index in [-0.39, 0.29) is 11.4 Å². The number of rotatable bonds is 7. The molecule has 3 aromatic rings. The Balaban J connectivity index is 1.35. The minimum atomic E-state index is -0.490. The van der Waals surface area contributed by atoms with Gasteiger partial charge >= 0.3 is 0 Å². The van der Waals surface area contributed by atoms with Crippen LogP contribution in [0, 0.1) is 3.57 Å². The van der Waals surface area contributed by atoms with E-state index in [4.69, 9.17) is 16.3 Å². The van der Waals surface area contributed by atoms with Gasteiger partial charge in [-0.2, -0.15) is 0 Å². The van der Waals surface area contributed by atoms with Crippen LogP contribution in [0.5, 0.6) is 5.75 Å². The fourth-order valence-corrected chi connectivity index (χ4v) is 4.40. The van der Waals surface area contributed by atoms with Gasteiger partial charge in [-0.25, -0.2) is 0 Å². The Kier molecular flexibility index (Phi) is 7.91. The lowest BCUT2D eigenvalue weighted by atomic mass is 10.2. The van der Waals surface area contributed by atoms with Crippen molar-refractivity contribution in [3.8, 4) is 5.75 Å². The first-order valence-electron chi connectivity index (χ1n) is 10.2. The monoisotopic (exact) mass is 604 g/mol. The Morgan fingerprint density at radius 3 is 2.35 bits per heavy atom. The number of hydrogen-bond donors (Lipinski definition) is 1. The third-order valence-corrected chi connectivity index (χ3v) is 6.68. The highest BCUT2D eigenvalue weighted by Gasteiger charge is 2.36. The van der Waals surface area contributed by atoms with Crippen LogP contribution in [0.4, 0.5) is 10.5 Å². The molecule has 0 aromatic heterocycles. The quantitative estimate of drug-likeness (QED) is 0.257. The van der Waals surface area contributed by atoms with Gasteiger partial charge in [0.25, 0.3) is 11.1 Å². The lowest BCUT2D eigenvalue weighted by molar-refractivity contribution is -0.127. The normalized spacial score (nSPS) is 14.5. The highest BCUT2D eigenvalue weighted by atomic mass is 127. The van der Waals surface area contributed by atoms with Crippen molar-refractivity contribution in [2.45, 2.75) is 6.61 Å². The molecule has 1 fully saturated rings. The van der Waals surface area contributed by atoms with E-state index in [0.717, 1.165) is 31.4 Å². The van der Waals surface area contributed by atoms with Gasteiger partial charge in [0, 0.05) is 14.3 Å². The first-order valence-corrected chi connectivity index (χ1v) is 12.4. The highest BCUT2D eigenvalue weighted by molar-refractivity contribution is 14.1. The van der Waals surface area contributed by atoms with Gasteiger partial charge in [0.15, 0.2) is 0 Å². The molecule has 0 aliphatic carbocycles. The first-order chi connectivity index (χ1) is 16.4. The lowest BCUT2D eigenvalue weighted by Gasteiger charge is -2.12. The molecule has 1 N–H and O–H groups in total. The predicted octanol–water partition coefficient (Wildman–Crippen LogP) is 6.20. The summed E-state index contributed by atoms with van der Waals surface area (Å²) < 4.78 is 6.80. The molecule has 9 heteroatoms. The largest absolute Gasteiger partial charge is 0.489 e. The van der Waals surface area contributed by atoms with Gasteiger partial charge in [0.1, 0.15) is 18.9 Å².